The smallest absolute Gasteiger partial charge is 0.178 e. The molecule has 0 fully saturated rings. The summed E-state index contributed by atoms with van der Waals surface area (Å²) in [6.45, 7) is 0. The first-order valence-electron chi connectivity index (χ1n) is 6.00. The van der Waals surface area contributed by atoms with E-state index in [1.807, 2.05) is 0 Å². The average Bonchev–Trinajstić information content (AvgIpc) is 2.46. The first-order chi connectivity index (χ1) is 9.56. The van der Waals surface area contributed by atoms with Gasteiger partial charge in [0.05, 0.1) is 0 Å². The Morgan fingerprint density at radius 2 is 0.850 bits per heavy atom. The Labute approximate surface area is 116 Å². The van der Waals surface area contributed by atoms with Gasteiger partial charge in [-0.15, -0.1) is 0 Å². The first kappa shape index (κ1) is 14.3. The second-order valence-electron chi connectivity index (χ2n) is 4.24. The molecular formula is C16H14O4. The minimum Gasteiger partial charge on any atom is -0.364 e. The molecule has 102 valence electrons. The molecule has 0 aliphatic heterocycles. The minimum absolute atomic E-state index is 0.414. The van der Waals surface area contributed by atoms with Crippen molar-refractivity contribution in [2.24, 2.45) is 0 Å². The minimum atomic E-state index is -1.48. The maximum Gasteiger partial charge on any atom is 0.178 e. The molecule has 2 aromatic carbocycles. The molecule has 2 rings (SSSR count). The maximum absolute atomic E-state index is 8.97. The summed E-state index contributed by atoms with van der Waals surface area (Å²) in [4.78, 5) is 0. The zero-order valence-corrected chi connectivity index (χ0v) is 10.6. The second kappa shape index (κ2) is 6.33. The Hall–Kier alpha value is -2.16. The summed E-state index contributed by atoms with van der Waals surface area (Å²) in [6, 6.07) is 13.2. The molecule has 0 atom stereocenters. The predicted octanol–water partition coefficient (Wildman–Crippen LogP) is 1.05. The SMILES string of the molecule is OC(O)c1ccc(C#Cc2ccc(C(O)O)cc2)cc1. The van der Waals surface area contributed by atoms with Gasteiger partial charge in [-0.2, -0.15) is 0 Å². The molecule has 0 spiro atoms. The molecule has 4 N–H and O–H groups in total. The summed E-state index contributed by atoms with van der Waals surface area (Å²) in [5.41, 5.74) is 2.33. The quantitative estimate of drug-likeness (QED) is 0.486. The summed E-state index contributed by atoms with van der Waals surface area (Å²) in [5.74, 6) is 5.88. The van der Waals surface area contributed by atoms with Gasteiger partial charge in [0, 0.05) is 22.3 Å². The molecule has 0 amide bonds. The van der Waals surface area contributed by atoms with Crippen LogP contribution in [0.3, 0.4) is 0 Å². The molecule has 0 unspecified atom stereocenters. The molecule has 20 heavy (non-hydrogen) atoms. The van der Waals surface area contributed by atoms with Crippen molar-refractivity contribution in [3.05, 3.63) is 70.8 Å². The Bertz CT molecular complexity index is 561. The molecule has 0 aromatic heterocycles. The largest absolute Gasteiger partial charge is 0.364 e. The standard InChI is InChI=1S/C16H14O4/c17-15(18)13-7-3-11(4-8-13)1-2-12-5-9-14(10-6-12)16(19)20/h3-10,15-20H. The zero-order chi connectivity index (χ0) is 14.5. The van der Waals surface area contributed by atoms with Crippen LogP contribution in [0.4, 0.5) is 0 Å². The van der Waals surface area contributed by atoms with Crippen LogP contribution >= 0.6 is 0 Å². The van der Waals surface area contributed by atoms with E-state index in [0.29, 0.717) is 11.1 Å². The molecule has 0 radical (unpaired) electrons. The third-order valence-electron chi connectivity index (χ3n) is 2.77. The van der Waals surface area contributed by atoms with Crippen LogP contribution in [0.5, 0.6) is 0 Å². The zero-order valence-electron chi connectivity index (χ0n) is 10.6. The summed E-state index contributed by atoms with van der Waals surface area (Å²) >= 11 is 0. The van der Waals surface area contributed by atoms with Crippen LogP contribution in [0.15, 0.2) is 48.5 Å². The highest BCUT2D eigenvalue weighted by atomic mass is 16.5. The lowest BCUT2D eigenvalue weighted by atomic mass is 10.1. The van der Waals surface area contributed by atoms with E-state index in [0.717, 1.165) is 11.1 Å². The van der Waals surface area contributed by atoms with E-state index in [1.165, 1.54) is 0 Å². The highest BCUT2D eigenvalue weighted by molar-refractivity contribution is 5.44. The molecule has 2 aromatic rings. The molecule has 0 bridgehead atoms. The number of aliphatic hydroxyl groups excluding tert-OH is 2. The number of benzene rings is 2. The van der Waals surface area contributed by atoms with Gasteiger partial charge >= 0.3 is 0 Å². The third-order valence-corrected chi connectivity index (χ3v) is 2.77. The van der Waals surface area contributed by atoms with Crippen LogP contribution in [0.1, 0.15) is 34.8 Å². The highest BCUT2D eigenvalue weighted by Gasteiger charge is 2.01. The van der Waals surface area contributed by atoms with Crippen molar-refractivity contribution in [2.45, 2.75) is 12.6 Å². The van der Waals surface area contributed by atoms with E-state index in [9.17, 15) is 0 Å². The molecule has 0 saturated carbocycles. The molecule has 4 nitrogen and oxygen atoms in total. The summed E-state index contributed by atoms with van der Waals surface area (Å²) in [7, 11) is 0. The summed E-state index contributed by atoms with van der Waals surface area (Å²) in [6.07, 6.45) is -2.95. The van der Waals surface area contributed by atoms with E-state index in [4.69, 9.17) is 20.4 Å². The fourth-order valence-corrected chi connectivity index (χ4v) is 1.62. The number of hydrogen-bond donors (Lipinski definition) is 4. The van der Waals surface area contributed by atoms with E-state index in [1.54, 1.807) is 48.5 Å². The molecule has 4 heteroatoms. The van der Waals surface area contributed by atoms with E-state index in [2.05, 4.69) is 11.8 Å². The van der Waals surface area contributed by atoms with Gasteiger partial charge < -0.3 is 20.4 Å². The maximum atomic E-state index is 8.97. The van der Waals surface area contributed by atoms with Crippen LogP contribution in [0.25, 0.3) is 0 Å². The van der Waals surface area contributed by atoms with Gasteiger partial charge in [-0.05, 0) is 24.3 Å². The van der Waals surface area contributed by atoms with Crippen molar-refractivity contribution in [3.63, 3.8) is 0 Å². The van der Waals surface area contributed by atoms with Crippen LogP contribution in [0.2, 0.25) is 0 Å². The first-order valence-corrected chi connectivity index (χ1v) is 6.00. The van der Waals surface area contributed by atoms with Gasteiger partial charge in [0.25, 0.3) is 0 Å². The third kappa shape index (κ3) is 3.67. The Balaban J connectivity index is 2.13. The molecule has 0 saturated heterocycles. The lowest BCUT2D eigenvalue weighted by molar-refractivity contribution is -0.0430. The predicted molar refractivity (Wildman–Crippen MR) is 73.2 cm³/mol. The monoisotopic (exact) mass is 270 g/mol. The van der Waals surface area contributed by atoms with Gasteiger partial charge in [-0.3, -0.25) is 0 Å². The van der Waals surface area contributed by atoms with Gasteiger partial charge in [-0.1, -0.05) is 36.1 Å². The molecular weight excluding hydrogens is 256 g/mol. The Morgan fingerprint density at radius 1 is 0.550 bits per heavy atom. The van der Waals surface area contributed by atoms with Gasteiger partial charge in [0.15, 0.2) is 12.6 Å². The number of rotatable bonds is 2. The summed E-state index contributed by atoms with van der Waals surface area (Å²) in [5, 5.41) is 35.9. The summed E-state index contributed by atoms with van der Waals surface area (Å²) < 4.78 is 0. The Morgan fingerprint density at radius 3 is 1.10 bits per heavy atom. The van der Waals surface area contributed by atoms with Crippen molar-refractivity contribution in [1.29, 1.82) is 0 Å². The van der Waals surface area contributed by atoms with Crippen LogP contribution in [-0.2, 0) is 0 Å². The van der Waals surface area contributed by atoms with E-state index in [-0.39, 0.29) is 0 Å². The second-order valence-corrected chi connectivity index (χ2v) is 4.24. The fraction of sp³-hybridized carbons (Fsp3) is 0.125. The molecule has 0 heterocycles. The van der Waals surface area contributed by atoms with Crippen molar-refractivity contribution in [3.8, 4) is 11.8 Å². The average molecular weight is 270 g/mol. The van der Waals surface area contributed by atoms with Crippen molar-refractivity contribution in [2.75, 3.05) is 0 Å². The van der Waals surface area contributed by atoms with E-state index < -0.39 is 12.6 Å². The number of aliphatic hydroxyl groups is 4. The molecule has 0 aliphatic carbocycles. The van der Waals surface area contributed by atoms with Crippen molar-refractivity contribution < 1.29 is 20.4 Å². The fourth-order valence-electron chi connectivity index (χ4n) is 1.62. The lowest BCUT2D eigenvalue weighted by Crippen LogP contribution is -1.94. The topological polar surface area (TPSA) is 80.9 Å². The van der Waals surface area contributed by atoms with Gasteiger partial charge in [-0.25, -0.2) is 0 Å². The molecule has 0 aliphatic rings. The van der Waals surface area contributed by atoms with E-state index >= 15 is 0 Å². The van der Waals surface area contributed by atoms with Crippen LogP contribution in [0, 0.1) is 11.8 Å². The van der Waals surface area contributed by atoms with Crippen molar-refractivity contribution >= 4 is 0 Å². The van der Waals surface area contributed by atoms with Crippen molar-refractivity contribution in [1.82, 2.24) is 0 Å². The van der Waals surface area contributed by atoms with Crippen LogP contribution in [-0.4, -0.2) is 20.4 Å². The van der Waals surface area contributed by atoms with Crippen LogP contribution < -0.4 is 0 Å². The highest BCUT2D eigenvalue weighted by Crippen LogP contribution is 2.12. The normalized spacial score (nSPS) is 10.5. The number of hydrogen-bond acceptors (Lipinski definition) is 4. The van der Waals surface area contributed by atoms with Gasteiger partial charge in [0.2, 0.25) is 0 Å². The van der Waals surface area contributed by atoms with Gasteiger partial charge in [0.1, 0.15) is 0 Å². The lowest BCUT2D eigenvalue weighted by Gasteiger charge is -2.02. The Kier molecular flexibility index (Phi) is 4.51.